The summed E-state index contributed by atoms with van der Waals surface area (Å²) in [5.41, 5.74) is 8.50. The Morgan fingerprint density at radius 1 is 1.25 bits per heavy atom. The number of nitrogens with zero attached hydrogens (tertiary/aromatic N) is 4. The van der Waals surface area contributed by atoms with Gasteiger partial charge in [-0.2, -0.15) is 0 Å². The van der Waals surface area contributed by atoms with Crippen LogP contribution >= 0.6 is 0 Å². The van der Waals surface area contributed by atoms with E-state index in [0.29, 0.717) is 6.54 Å². The Bertz CT molecular complexity index is 739. The van der Waals surface area contributed by atoms with Gasteiger partial charge in [-0.3, -0.25) is 4.98 Å². The van der Waals surface area contributed by atoms with Crippen LogP contribution in [0.5, 0.6) is 0 Å². The fourth-order valence-corrected chi connectivity index (χ4v) is 2.08. The van der Waals surface area contributed by atoms with Crippen molar-refractivity contribution in [1.29, 1.82) is 0 Å². The monoisotopic (exact) mass is 267 g/mol. The molecular formula is C15H17N5. The molecule has 0 saturated heterocycles. The molecular weight excluding hydrogens is 250 g/mol. The van der Waals surface area contributed by atoms with Crippen molar-refractivity contribution in [3.63, 3.8) is 0 Å². The lowest BCUT2D eigenvalue weighted by Gasteiger charge is -2.13. The molecule has 3 aromatic rings. The van der Waals surface area contributed by atoms with E-state index in [1.807, 2.05) is 36.9 Å². The number of nitrogens with two attached hydrogens (primary N) is 1. The minimum Gasteiger partial charge on any atom is -0.320 e. The zero-order valence-corrected chi connectivity index (χ0v) is 11.6. The molecule has 0 aliphatic carbocycles. The second kappa shape index (κ2) is 4.68. The summed E-state index contributed by atoms with van der Waals surface area (Å²) in [5.74, 6) is 0. The predicted molar refractivity (Wildman–Crippen MR) is 78.1 cm³/mol. The Morgan fingerprint density at radius 2 is 2.10 bits per heavy atom. The van der Waals surface area contributed by atoms with E-state index < -0.39 is 5.54 Å². The van der Waals surface area contributed by atoms with Gasteiger partial charge in [0, 0.05) is 11.6 Å². The molecule has 0 saturated carbocycles. The minimum absolute atomic E-state index is 0.467. The highest BCUT2D eigenvalue weighted by Gasteiger charge is 2.18. The number of rotatable bonds is 3. The van der Waals surface area contributed by atoms with Crippen LogP contribution in [0.4, 0.5) is 0 Å². The number of hydrogen-bond donors (Lipinski definition) is 1. The molecule has 20 heavy (non-hydrogen) atoms. The van der Waals surface area contributed by atoms with Crippen molar-refractivity contribution in [3.05, 3.63) is 54.0 Å². The molecule has 5 nitrogen and oxygen atoms in total. The highest BCUT2D eigenvalue weighted by atomic mass is 15.4. The number of aromatic nitrogens is 4. The summed E-state index contributed by atoms with van der Waals surface area (Å²) in [6.07, 6.45) is 3.70. The number of fused-ring (bicyclic) bond motifs is 1. The first-order chi connectivity index (χ1) is 9.52. The Hall–Kier alpha value is -2.27. The maximum absolute atomic E-state index is 6.01. The van der Waals surface area contributed by atoms with E-state index in [1.54, 1.807) is 6.20 Å². The number of hydrogen-bond acceptors (Lipinski definition) is 4. The van der Waals surface area contributed by atoms with Crippen LogP contribution in [0.3, 0.4) is 0 Å². The normalized spacial score (nSPS) is 11.9. The van der Waals surface area contributed by atoms with Crippen molar-refractivity contribution in [2.75, 3.05) is 0 Å². The van der Waals surface area contributed by atoms with Crippen molar-refractivity contribution in [2.24, 2.45) is 5.73 Å². The quantitative estimate of drug-likeness (QED) is 0.788. The van der Waals surface area contributed by atoms with Crippen LogP contribution in [0.25, 0.3) is 10.9 Å². The lowest BCUT2D eigenvalue weighted by atomic mass is 10.0. The second-order valence-electron chi connectivity index (χ2n) is 5.55. The lowest BCUT2D eigenvalue weighted by molar-refractivity contribution is 0.533. The van der Waals surface area contributed by atoms with Gasteiger partial charge < -0.3 is 5.73 Å². The van der Waals surface area contributed by atoms with Gasteiger partial charge in [-0.25, -0.2) is 4.68 Å². The maximum Gasteiger partial charge on any atom is 0.102 e. The average Bonchev–Trinajstić information content (AvgIpc) is 2.87. The van der Waals surface area contributed by atoms with Crippen LogP contribution in [0.1, 0.15) is 25.1 Å². The molecule has 102 valence electrons. The maximum atomic E-state index is 6.01. The third kappa shape index (κ3) is 2.53. The van der Waals surface area contributed by atoms with Crippen molar-refractivity contribution in [1.82, 2.24) is 20.0 Å². The average molecular weight is 267 g/mol. The molecule has 0 aliphatic heterocycles. The Kier molecular flexibility index (Phi) is 2.99. The zero-order valence-electron chi connectivity index (χ0n) is 11.6. The van der Waals surface area contributed by atoms with Crippen LogP contribution in [0, 0.1) is 0 Å². The van der Waals surface area contributed by atoms with Gasteiger partial charge >= 0.3 is 0 Å². The summed E-state index contributed by atoms with van der Waals surface area (Å²) >= 11 is 0. The lowest BCUT2D eigenvalue weighted by Crippen LogP contribution is -2.29. The molecule has 0 aliphatic rings. The van der Waals surface area contributed by atoms with Crippen LogP contribution in [0.2, 0.25) is 0 Å². The van der Waals surface area contributed by atoms with E-state index in [-0.39, 0.29) is 0 Å². The molecule has 2 aromatic heterocycles. The fraction of sp³-hybridized carbons (Fsp3) is 0.267. The van der Waals surface area contributed by atoms with E-state index in [0.717, 1.165) is 22.2 Å². The molecule has 0 bridgehead atoms. The molecule has 0 radical (unpaired) electrons. The van der Waals surface area contributed by atoms with Gasteiger partial charge in [0.1, 0.15) is 5.69 Å². The zero-order chi connectivity index (χ0) is 14.2. The number of pyridine rings is 1. The topological polar surface area (TPSA) is 69.6 Å². The number of benzene rings is 1. The van der Waals surface area contributed by atoms with Gasteiger partial charge in [-0.1, -0.05) is 17.3 Å². The second-order valence-corrected chi connectivity index (χ2v) is 5.55. The summed E-state index contributed by atoms with van der Waals surface area (Å²) in [7, 11) is 0. The van der Waals surface area contributed by atoms with Gasteiger partial charge in [0.15, 0.2) is 0 Å². The molecule has 2 N–H and O–H groups in total. The van der Waals surface area contributed by atoms with E-state index >= 15 is 0 Å². The van der Waals surface area contributed by atoms with Crippen LogP contribution in [-0.2, 0) is 12.1 Å². The summed E-state index contributed by atoms with van der Waals surface area (Å²) in [6.45, 7) is 4.51. The van der Waals surface area contributed by atoms with E-state index in [2.05, 4.69) is 33.5 Å². The largest absolute Gasteiger partial charge is 0.320 e. The SMILES string of the molecule is CC(C)(N)c1cn(Cc2ccc3ncccc3c2)nn1. The van der Waals surface area contributed by atoms with E-state index in [9.17, 15) is 0 Å². The molecule has 5 heteroatoms. The van der Waals surface area contributed by atoms with Gasteiger partial charge in [-0.05, 0) is 37.6 Å². The molecule has 3 rings (SSSR count). The van der Waals surface area contributed by atoms with Gasteiger partial charge in [0.05, 0.1) is 23.8 Å². The van der Waals surface area contributed by atoms with Crippen molar-refractivity contribution < 1.29 is 0 Å². The molecule has 0 spiro atoms. The van der Waals surface area contributed by atoms with E-state index in [1.165, 1.54) is 0 Å². The third-order valence-electron chi connectivity index (χ3n) is 3.21. The summed E-state index contributed by atoms with van der Waals surface area (Å²) in [4.78, 5) is 4.31. The minimum atomic E-state index is -0.467. The molecule has 0 unspecified atom stereocenters. The van der Waals surface area contributed by atoms with Crippen molar-refractivity contribution in [2.45, 2.75) is 25.9 Å². The molecule has 0 amide bonds. The fourth-order valence-electron chi connectivity index (χ4n) is 2.08. The predicted octanol–water partition coefficient (Wildman–Crippen LogP) is 2.07. The first-order valence-corrected chi connectivity index (χ1v) is 6.55. The van der Waals surface area contributed by atoms with Crippen molar-refractivity contribution >= 4 is 10.9 Å². The first-order valence-electron chi connectivity index (χ1n) is 6.55. The summed E-state index contributed by atoms with van der Waals surface area (Å²) < 4.78 is 1.81. The summed E-state index contributed by atoms with van der Waals surface area (Å²) in [5, 5.41) is 9.38. The first kappa shape index (κ1) is 12.7. The highest BCUT2D eigenvalue weighted by molar-refractivity contribution is 5.78. The Balaban J connectivity index is 1.87. The standard InChI is InChI=1S/C15H17N5/c1-15(2,16)14-10-20(19-18-14)9-11-5-6-13-12(8-11)4-3-7-17-13/h3-8,10H,9,16H2,1-2H3. The van der Waals surface area contributed by atoms with Gasteiger partial charge in [0.25, 0.3) is 0 Å². The molecule has 2 heterocycles. The van der Waals surface area contributed by atoms with Gasteiger partial charge in [0.2, 0.25) is 0 Å². The summed E-state index contributed by atoms with van der Waals surface area (Å²) in [6, 6.07) is 10.2. The Labute approximate surface area is 117 Å². The van der Waals surface area contributed by atoms with Crippen LogP contribution in [-0.4, -0.2) is 20.0 Å². The molecule has 0 fully saturated rings. The van der Waals surface area contributed by atoms with Crippen molar-refractivity contribution in [3.8, 4) is 0 Å². The van der Waals surface area contributed by atoms with Crippen LogP contribution < -0.4 is 5.73 Å². The van der Waals surface area contributed by atoms with Gasteiger partial charge in [-0.15, -0.1) is 5.10 Å². The third-order valence-corrected chi connectivity index (χ3v) is 3.21. The Morgan fingerprint density at radius 3 is 2.85 bits per heavy atom. The smallest absolute Gasteiger partial charge is 0.102 e. The molecule has 1 aromatic carbocycles. The highest BCUT2D eigenvalue weighted by Crippen LogP contribution is 2.16. The van der Waals surface area contributed by atoms with E-state index in [4.69, 9.17) is 5.73 Å². The molecule has 0 atom stereocenters. The van der Waals surface area contributed by atoms with Crippen LogP contribution in [0.15, 0.2) is 42.7 Å².